The number of rotatable bonds is 6. The molecule has 4 rings (SSSR count). The molecule has 240 valence electrons. The molecule has 0 aromatic heterocycles. The summed E-state index contributed by atoms with van der Waals surface area (Å²) in [6.45, 7) is 0. The second-order valence-corrected chi connectivity index (χ2v) is 9.89. The maximum atomic E-state index is 14.3. The molecule has 4 aromatic carbocycles. The Bertz CT molecular complexity index is 1450. The van der Waals surface area contributed by atoms with Crippen LogP contribution >= 0.6 is 0 Å². The average Bonchev–Trinajstić information content (AvgIpc) is 2.90. The molecular weight excluding hydrogens is 632 g/mol. The molecule has 0 unspecified atom stereocenters. The summed E-state index contributed by atoms with van der Waals surface area (Å²) in [7, 11) is 0. The van der Waals surface area contributed by atoms with Crippen molar-refractivity contribution in [3.05, 3.63) is 119 Å². The number of halogens is 12. The first-order valence-corrected chi connectivity index (χ1v) is 12.5. The molecule has 45 heavy (non-hydrogen) atoms. The lowest BCUT2D eigenvalue weighted by Gasteiger charge is -2.38. The zero-order valence-electron chi connectivity index (χ0n) is 22.3. The van der Waals surface area contributed by atoms with E-state index < -0.39 is 57.8 Å². The number of alkyl halides is 12. The largest absolute Gasteiger partial charge is 0.457 e. The molecule has 0 aliphatic heterocycles. The van der Waals surface area contributed by atoms with Gasteiger partial charge in [-0.15, -0.1) is 0 Å². The molecule has 0 heterocycles. The van der Waals surface area contributed by atoms with E-state index in [4.69, 9.17) is 16.2 Å². The third kappa shape index (κ3) is 5.59. The Balaban J connectivity index is 1.74. The molecule has 0 aliphatic rings. The second kappa shape index (κ2) is 11.1. The highest BCUT2D eigenvalue weighted by Crippen LogP contribution is 2.58. The van der Waals surface area contributed by atoms with Crippen LogP contribution in [-0.4, -0.2) is 24.7 Å². The Kier molecular flexibility index (Phi) is 8.23. The molecule has 0 amide bonds. The van der Waals surface area contributed by atoms with Gasteiger partial charge in [-0.05, 0) is 70.8 Å². The first-order valence-electron chi connectivity index (χ1n) is 12.5. The average molecular weight is 652 g/mol. The highest BCUT2D eigenvalue weighted by molar-refractivity contribution is 5.52. The zero-order valence-corrected chi connectivity index (χ0v) is 22.3. The van der Waals surface area contributed by atoms with Gasteiger partial charge in [0.1, 0.15) is 11.5 Å². The minimum absolute atomic E-state index is 0.0806. The van der Waals surface area contributed by atoms with Crippen LogP contribution in [0.3, 0.4) is 0 Å². The van der Waals surface area contributed by atoms with E-state index in [-0.39, 0.29) is 22.9 Å². The Labute approximate surface area is 247 Å². The normalized spacial score (nSPS) is 13.5. The number of nitrogen functional groups attached to an aromatic ring is 2. The van der Waals surface area contributed by atoms with Gasteiger partial charge >= 0.3 is 24.7 Å². The first kappa shape index (κ1) is 33.3. The van der Waals surface area contributed by atoms with Crippen molar-refractivity contribution < 1.29 is 57.4 Å². The summed E-state index contributed by atoms with van der Waals surface area (Å²) in [6.07, 6.45) is -23.5. The summed E-state index contributed by atoms with van der Waals surface area (Å²) < 4.78 is 177. The standard InChI is InChI=1S/C30H20F12N2O/c31-27(32,33)25(28(34,35)36,17-1-9-21(43)10-2-17)19-5-13-23(14-6-19)45-24-15-7-20(8-16-24)26(29(37,38)39,30(40,41)42)18-3-11-22(44)12-4-18/h1-16H,43-44H2. The van der Waals surface area contributed by atoms with Crippen molar-refractivity contribution in [1.29, 1.82) is 0 Å². The van der Waals surface area contributed by atoms with Crippen LogP contribution in [0.5, 0.6) is 11.5 Å². The van der Waals surface area contributed by atoms with E-state index in [9.17, 15) is 52.7 Å². The Morgan fingerprint density at radius 2 is 0.533 bits per heavy atom. The highest BCUT2D eigenvalue weighted by atomic mass is 19.4. The van der Waals surface area contributed by atoms with Crippen LogP contribution in [0.25, 0.3) is 0 Å². The quantitative estimate of drug-likeness (QED) is 0.161. The minimum Gasteiger partial charge on any atom is -0.457 e. The van der Waals surface area contributed by atoms with Crippen molar-refractivity contribution in [2.75, 3.05) is 11.5 Å². The van der Waals surface area contributed by atoms with Gasteiger partial charge in [0.15, 0.2) is 0 Å². The number of benzene rings is 4. The molecule has 0 radical (unpaired) electrons. The molecule has 4 N–H and O–H groups in total. The predicted molar refractivity (Wildman–Crippen MR) is 140 cm³/mol. The molecule has 0 aliphatic carbocycles. The van der Waals surface area contributed by atoms with Gasteiger partial charge < -0.3 is 16.2 Å². The summed E-state index contributed by atoms with van der Waals surface area (Å²) in [5.41, 5.74) is -3.05. The third-order valence-corrected chi connectivity index (χ3v) is 7.20. The summed E-state index contributed by atoms with van der Waals surface area (Å²) >= 11 is 0. The van der Waals surface area contributed by atoms with Crippen LogP contribution in [0.2, 0.25) is 0 Å². The van der Waals surface area contributed by atoms with E-state index in [1.807, 2.05) is 0 Å². The van der Waals surface area contributed by atoms with Gasteiger partial charge in [0, 0.05) is 11.4 Å². The van der Waals surface area contributed by atoms with Gasteiger partial charge in [-0.3, -0.25) is 0 Å². The van der Waals surface area contributed by atoms with Crippen molar-refractivity contribution in [3.8, 4) is 11.5 Å². The number of nitrogens with two attached hydrogens (primary N) is 2. The molecule has 0 saturated heterocycles. The monoisotopic (exact) mass is 652 g/mol. The molecular formula is C30H20F12N2O. The fraction of sp³-hybridized carbons (Fsp3) is 0.200. The molecule has 4 aromatic rings. The predicted octanol–water partition coefficient (Wildman–Crippen LogP) is 9.46. The SMILES string of the molecule is Nc1ccc(C(c2ccc(Oc3ccc(C(c4ccc(N)cc4)(C(F)(F)F)C(F)(F)F)cc3)cc2)(C(F)(F)F)C(F)(F)F)cc1. The Hall–Kier alpha value is -4.56. The summed E-state index contributed by atoms with van der Waals surface area (Å²) in [5.74, 6) is -0.725. The summed E-state index contributed by atoms with van der Waals surface area (Å²) in [6, 6.07) is 10.9. The third-order valence-electron chi connectivity index (χ3n) is 7.20. The lowest BCUT2D eigenvalue weighted by atomic mass is 9.73. The van der Waals surface area contributed by atoms with Crippen LogP contribution in [0, 0.1) is 0 Å². The van der Waals surface area contributed by atoms with Crippen molar-refractivity contribution in [2.45, 2.75) is 35.5 Å². The molecule has 15 heteroatoms. The van der Waals surface area contributed by atoms with Gasteiger partial charge in [0.05, 0.1) is 0 Å². The Morgan fingerprint density at radius 3 is 0.733 bits per heavy atom. The van der Waals surface area contributed by atoms with Crippen LogP contribution in [0.4, 0.5) is 64.1 Å². The number of hydrogen-bond acceptors (Lipinski definition) is 3. The first-order chi connectivity index (χ1) is 20.7. The molecule has 0 saturated carbocycles. The molecule has 3 nitrogen and oxygen atoms in total. The van der Waals surface area contributed by atoms with Gasteiger partial charge in [-0.2, -0.15) is 52.7 Å². The Morgan fingerprint density at radius 1 is 0.333 bits per heavy atom. The summed E-state index contributed by atoms with van der Waals surface area (Å²) in [4.78, 5) is 0. The second-order valence-electron chi connectivity index (χ2n) is 9.89. The molecule has 0 atom stereocenters. The van der Waals surface area contributed by atoms with Crippen LogP contribution < -0.4 is 16.2 Å². The fourth-order valence-corrected chi connectivity index (χ4v) is 5.11. The van der Waals surface area contributed by atoms with E-state index in [0.29, 0.717) is 48.5 Å². The molecule has 0 bridgehead atoms. The van der Waals surface area contributed by atoms with Gasteiger partial charge in [0.2, 0.25) is 10.8 Å². The lowest BCUT2D eigenvalue weighted by molar-refractivity contribution is -0.290. The van der Waals surface area contributed by atoms with Crippen molar-refractivity contribution in [1.82, 2.24) is 0 Å². The number of hydrogen-bond donors (Lipinski definition) is 2. The lowest BCUT2D eigenvalue weighted by Crippen LogP contribution is -2.54. The fourth-order valence-electron chi connectivity index (χ4n) is 5.11. The van der Waals surface area contributed by atoms with E-state index >= 15 is 0 Å². The van der Waals surface area contributed by atoms with E-state index in [1.165, 1.54) is 0 Å². The number of ether oxygens (including phenoxy) is 1. The zero-order chi connectivity index (χ0) is 33.6. The van der Waals surface area contributed by atoms with Crippen molar-refractivity contribution in [3.63, 3.8) is 0 Å². The molecule has 0 spiro atoms. The van der Waals surface area contributed by atoms with Gasteiger partial charge in [-0.25, -0.2) is 0 Å². The van der Waals surface area contributed by atoms with Gasteiger partial charge in [0.25, 0.3) is 0 Å². The van der Waals surface area contributed by atoms with Crippen LogP contribution in [0.1, 0.15) is 22.3 Å². The topological polar surface area (TPSA) is 61.3 Å². The van der Waals surface area contributed by atoms with Crippen molar-refractivity contribution in [2.24, 2.45) is 0 Å². The van der Waals surface area contributed by atoms with Crippen LogP contribution in [0.15, 0.2) is 97.1 Å². The van der Waals surface area contributed by atoms with E-state index in [0.717, 1.165) is 48.5 Å². The molecule has 0 fully saturated rings. The van der Waals surface area contributed by atoms with Gasteiger partial charge in [-0.1, -0.05) is 48.5 Å². The summed E-state index contributed by atoms with van der Waals surface area (Å²) in [5, 5.41) is 0. The maximum absolute atomic E-state index is 14.3. The van der Waals surface area contributed by atoms with E-state index in [1.54, 1.807) is 0 Å². The number of anilines is 2. The maximum Gasteiger partial charge on any atom is 0.411 e. The van der Waals surface area contributed by atoms with Crippen LogP contribution in [-0.2, 0) is 10.8 Å². The van der Waals surface area contributed by atoms with Crippen molar-refractivity contribution >= 4 is 11.4 Å². The van der Waals surface area contributed by atoms with E-state index in [2.05, 4.69) is 0 Å². The minimum atomic E-state index is -5.88. The highest BCUT2D eigenvalue weighted by Gasteiger charge is 2.73. The smallest absolute Gasteiger partial charge is 0.411 e.